The van der Waals surface area contributed by atoms with Crippen LogP contribution >= 0.6 is 0 Å². The molecule has 4 heterocycles. The lowest BCUT2D eigenvalue weighted by Crippen LogP contribution is -2.35. The van der Waals surface area contributed by atoms with Gasteiger partial charge in [-0.1, -0.05) is 0 Å². The van der Waals surface area contributed by atoms with Gasteiger partial charge in [-0.25, -0.2) is 15.0 Å². The van der Waals surface area contributed by atoms with E-state index in [4.69, 9.17) is 15.0 Å². The molecule has 0 amide bonds. The van der Waals surface area contributed by atoms with Crippen LogP contribution in [0.3, 0.4) is 0 Å². The number of aliphatic hydroxyl groups excluding tert-OH is 1. The number of nitrogens with zero attached hydrogens (tertiary/aromatic N) is 7. The van der Waals surface area contributed by atoms with Crippen LogP contribution in [0.2, 0.25) is 0 Å². The van der Waals surface area contributed by atoms with Crippen LogP contribution in [0.5, 0.6) is 0 Å². The van der Waals surface area contributed by atoms with Gasteiger partial charge in [0, 0.05) is 69.6 Å². The van der Waals surface area contributed by atoms with Crippen LogP contribution in [0.15, 0.2) is 24.8 Å². The summed E-state index contributed by atoms with van der Waals surface area (Å²) in [6.45, 7) is 8.01. The maximum Gasteiger partial charge on any atom is 0.225 e. The van der Waals surface area contributed by atoms with Gasteiger partial charge in [-0.05, 0) is 32.6 Å². The van der Waals surface area contributed by atoms with E-state index in [0.717, 1.165) is 72.8 Å². The predicted octanol–water partition coefficient (Wildman–Crippen LogP) is 2.48. The molecule has 0 saturated carbocycles. The highest BCUT2D eigenvalue weighted by atomic mass is 16.3. The summed E-state index contributed by atoms with van der Waals surface area (Å²) in [5.41, 5.74) is 2.88. The molecule has 0 aliphatic carbocycles. The van der Waals surface area contributed by atoms with Gasteiger partial charge in [0.1, 0.15) is 5.82 Å². The molecule has 8 heteroatoms. The molecule has 1 fully saturated rings. The van der Waals surface area contributed by atoms with Crippen molar-refractivity contribution >= 4 is 22.7 Å². The SMILES string of the molecule is CCN(CC)c1ncc(-c2cnn(C)c2)c2nc(N3CCC(CO)CC3)ncc12. The van der Waals surface area contributed by atoms with Gasteiger partial charge in [-0.15, -0.1) is 0 Å². The molecular formula is C21H29N7O. The fourth-order valence-corrected chi connectivity index (χ4v) is 4.01. The van der Waals surface area contributed by atoms with Gasteiger partial charge in [-0.3, -0.25) is 4.68 Å². The highest BCUT2D eigenvalue weighted by Crippen LogP contribution is 2.33. The third-order valence-corrected chi connectivity index (χ3v) is 5.82. The first-order valence-corrected chi connectivity index (χ1v) is 10.4. The van der Waals surface area contributed by atoms with E-state index in [1.807, 2.05) is 31.8 Å². The summed E-state index contributed by atoms with van der Waals surface area (Å²) in [6, 6.07) is 0. The Morgan fingerprint density at radius 1 is 1.10 bits per heavy atom. The summed E-state index contributed by atoms with van der Waals surface area (Å²) >= 11 is 0. The fourth-order valence-electron chi connectivity index (χ4n) is 4.01. The fraction of sp³-hybridized carbons (Fsp3) is 0.524. The van der Waals surface area contributed by atoms with Gasteiger partial charge in [0.25, 0.3) is 0 Å². The molecule has 1 saturated heterocycles. The molecule has 29 heavy (non-hydrogen) atoms. The van der Waals surface area contributed by atoms with Crippen molar-refractivity contribution in [3.8, 4) is 11.1 Å². The normalized spacial score (nSPS) is 15.2. The predicted molar refractivity (Wildman–Crippen MR) is 115 cm³/mol. The number of hydrogen-bond acceptors (Lipinski definition) is 7. The molecule has 3 aromatic rings. The highest BCUT2D eigenvalue weighted by Gasteiger charge is 2.22. The lowest BCUT2D eigenvalue weighted by molar-refractivity contribution is 0.202. The Balaban J connectivity index is 1.81. The molecule has 0 bridgehead atoms. The quantitative estimate of drug-likeness (QED) is 0.686. The maximum absolute atomic E-state index is 9.41. The molecule has 8 nitrogen and oxygen atoms in total. The maximum atomic E-state index is 9.41. The Morgan fingerprint density at radius 2 is 1.86 bits per heavy atom. The Kier molecular flexibility index (Phi) is 5.62. The molecule has 0 unspecified atom stereocenters. The van der Waals surface area contributed by atoms with Crippen LogP contribution < -0.4 is 9.80 Å². The minimum Gasteiger partial charge on any atom is -0.396 e. The number of anilines is 2. The van der Waals surface area contributed by atoms with Crippen molar-refractivity contribution in [1.82, 2.24) is 24.7 Å². The Labute approximate surface area is 171 Å². The standard InChI is InChI=1S/C21H29N7O/c1-4-27(5-2)20-18-12-23-21(28-8-6-15(14-29)7-9-28)25-19(18)17(11-22-20)16-10-24-26(3)13-16/h10-13,15,29H,4-9,14H2,1-3H3. The van der Waals surface area contributed by atoms with E-state index in [2.05, 4.69) is 28.7 Å². The molecule has 0 radical (unpaired) electrons. The van der Waals surface area contributed by atoms with Crippen LogP contribution in [0.1, 0.15) is 26.7 Å². The van der Waals surface area contributed by atoms with Crippen molar-refractivity contribution in [2.24, 2.45) is 13.0 Å². The Bertz CT molecular complexity index is 974. The molecule has 154 valence electrons. The molecule has 1 N–H and O–H groups in total. The van der Waals surface area contributed by atoms with Gasteiger partial charge in [0.15, 0.2) is 0 Å². The number of aryl methyl sites for hydroxylation is 1. The highest BCUT2D eigenvalue weighted by molar-refractivity contribution is 5.99. The van der Waals surface area contributed by atoms with Crippen molar-refractivity contribution < 1.29 is 5.11 Å². The van der Waals surface area contributed by atoms with E-state index in [1.165, 1.54) is 0 Å². The van der Waals surface area contributed by atoms with Gasteiger partial charge >= 0.3 is 0 Å². The molecule has 4 rings (SSSR count). The molecule has 0 spiro atoms. The first-order valence-electron chi connectivity index (χ1n) is 10.4. The molecule has 0 atom stereocenters. The molecule has 0 aromatic carbocycles. The minimum absolute atomic E-state index is 0.260. The third kappa shape index (κ3) is 3.76. The number of aromatic nitrogens is 5. The lowest BCUT2D eigenvalue weighted by atomic mass is 9.98. The van der Waals surface area contributed by atoms with Crippen LogP contribution in [0, 0.1) is 5.92 Å². The van der Waals surface area contributed by atoms with Gasteiger partial charge in [0.2, 0.25) is 5.95 Å². The second-order valence-electron chi connectivity index (χ2n) is 7.62. The first kappa shape index (κ1) is 19.6. The minimum atomic E-state index is 0.260. The van der Waals surface area contributed by atoms with Crippen LogP contribution in [-0.4, -0.2) is 62.6 Å². The summed E-state index contributed by atoms with van der Waals surface area (Å²) in [6.07, 6.45) is 9.59. The van der Waals surface area contributed by atoms with E-state index >= 15 is 0 Å². The summed E-state index contributed by atoms with van der Waals surface area (Å²) in [5.74, 6) is 2.05. The monoisotopic (exact) mass is 395 g/mol. The largest absolute Gasteiger partial charge is 0.396 e. The van der Waals surface area contributed by atoms with Gasteiger partial charge in [-0.2, -0.15) is 5.10 Å². The zero-order valence-electron chi connectivity index (χ0n) is 17.4. The van der Waals surface area contributed by atoms with E-state index in [1.54, 1.807) is 4.68 Å². The van der Waals surface area contributed by atoms with Crippen LogP contribution in [0.25, 0.3) is 22.0 Å². The molecule has 1 aliphatic rings. The van der Waals surface area contributed by atoms with Crippen LogP contribution in [-0.2, 0) is 7.05 Å². The van der Waals surface area contributed by atoms with Crippen LogP contribution in [0.4, 0.5) is 11.8 Å². The zero-order valence-corrected chi connectivity index (χ0v) is 17.4. The summed E-state index contributed by atoms with van der Waals surface area (Å²) in [5, 5.41) is 14.7. The van der Waals surface area contributed by atoms with E-state index in [9.17, 15) is 5.11 Å². The third-order valence-electron chi connectivity index (χ3n) is 5.82. The number of pyridine rings is 1. The van der Waals surface area contributed by atoms with E-state index in [0.29, 0.717) is 5.92 Å². The van der Waals surface area contributed by atoms with Crippen molar-refractivity contribution in [3.63, 3.8) is 0 Å². The molecular weight excluding hydrogens is 366 g/mol. The lowest BCUT2D eigenvalue weighted by Gasteiger charge is -2.31. The second-order valence-corrected chi connectivity index (χ2v) is 7.62. The summed E-state index contributed by atoms with van der Waals surface area (Å²) < 4.78 is 1.79. The Morgan fingerprint density at radius 3 is 2.48 bits per heavy atom. The average molecular weight is 396 g/mol. The molecule has 3 aromatic heterocycles. The van der Waals surface area contributed by atoms with E-state index < -0.39 is 0 Å². The summed E-state index contributed by atoms with van der Waals surface area (Å²) in [4.78, 5) is 18.9. The van der Waals surface area contributed by atoms with Crippen molar-refractivity contribution in [2.75, 3.05) is 42.6 Å². The van der Waals surface area contributed by atoms with E-state index in [-0.39, 0.29) is 6.61 Å². The van der Waals surface area contributed by atoms with Crippen molar-refractivity contribution in [1.29, 1.82) is 0 Å². The van der Waals surface area contributed by atoms with Gasteiger partial charge < -0.3 is 14.9 Å². The zero-order chi connectivity index (χ0) is 20.4. The second kappa shape index (κ2) is 8.32. The number of aliphatic hydroxyl groups is 1. The Hall–Kier alpha value is -2.74. The summed E-state index contributed by atoms with van der Waals surface area (Å²) in [7, 11) is 1.91. The van der Waals surface area contributed by atoms with Crippen molar-refractivity contribution in [3.05, 3.63) is 24.8 Å². The smallest absolute Gasteiger partial charge is 0.225 e. The molecule has 1 aliphatic heterocycles. The number of hydrogen-bond donors (Lipinski definition) is 1. The van der Waals surface area contributed by atoms with Gasteiger partial charge in [0.05, 0.1) is 17.1 Å². The average Bonchev–Trinajstić information content (AvgIpc) is 3.20. The first-order chi connectivity index (χ1) is 14.1. The topological polar surface area (TPSA) is 83.2 Å². The number of rotatable bonds is 6. The number of piperidine rings is 1. The number of fused-ring (bicyclic) bond motifs is 1. The van der Waals surface area contributed by atoms with Crippen molar-refractivity contribution in [2.45, 2.75) is 26.7 Å².